The van der Waals surface area contributed by atoms with Gasteiger partial charge in [0.05, 0.1) is 5.56 Å². The fraction of sp³-hybridized carbons (Fsp3) is 0.0769. The summed E-state index contributed by atoms with van der Waals surface area (Å²) in [7, 11) is 0. The SMILES string of the molecule is O=C(NCc1ccc(Br)cc1)c1ccc(=O)[nH]c1. The summed E-state index contributed by atoms with van der Waals surface area (Å²) in [6, 6.07) is 10.5. The van der Waals surface area contributed by atoms with Crippen LogP contribution < -0.4 is 10.9 Å². The van der Waals surface area contributed by atoms with Gasteiger partial charge in [-0.05, 0) is 23.8 Å². The maximum absolute atomic E-state index is 11.8. The highest BCUT2D eigenvalue weighted by atomic mass is 79.9. The monoisotopic (exact) mass is 306 g/mol. The second kappa shape index (κ2) is 5.64. The second-order valence-electron chi connectivity index (χ2n) is 3.75. The molecule has 4 nitrogen and oxygen atoms in total. The molecule has 2 aromatic rings. The minimum Gasteiger partial charge on any atom is -0.348 e. The van der Waals surface area contributed by atoms with Crippen LogP contribution in [-0.2, 0) is 6.54 Å². The molecule has 92 valence electrons. The van der Waals surface area contributed by atoms with Crippen LogP contribution in [0.4, 0.5) is 0 Å². The molecule has 0 aliphatic rings. The molecule has 0 fully saturated rings. The topological polar surface area (TPSA) is 62.0 Å². The Hall–Kier alpha value is -1.88. The fourth-order valence-electron chi connectivity index (χ4n) is 1.44. The number of nitrogens with one attached hydrogen (secondary N) is 2. The van der Waals surface area contributed by atoms with Gasteiger partial charge in [0, 0.05) is 23.3 Å². The van der Waals surface area contributed by atoms with Crippen LogP contribution in [-0.4, -0.2) is 10.9 Å². The Kier molecular flexibility index (Phi) is 3.94. The molecule has 18 heavy (non-hydrogen) atoms. The lowest BCUT2D eigenvalue weighted by atomic mass is 10.2. The number of rotatable bonds is 3. The molecule has 0 unspecified atom stereocenters. The van der Waals surface area contributed by atoms with Crippen molar-refractivity contribution in [3.05, 3.63) is 68.5 Å². The molecule has 5 heteroatoms. The van der Waals surface area contributed by atoms with E-state index in [0.29, 0.717) is 12.1 Å². The summed E-state index contributed by atoms with van der Waals surface area (Å²) >= 11 is 3.35. The summed E-state index contributed by atoms with van der Waals surface area (Å²) in [5.41, 5.74) is 1.22. The number of carbonyl (C=O) groups is 1. The third kappa shape index (κ3) is 3.30. The zero-order valence-corrected chi connectivity index (χ0v) is 11.0. The zero-order valence-electron chi connectivity index (χ0n) is 9.44. The van der Waals surface area contributed by atoms with Crippen molar-refractivity contribution in [3.63, 3.8) is 0 Å². The Morgan fingerprint density at radius 3 is 2.50 bits per heavy atom. The predicted octanol–water partition coefficient (Wildman–Crippen LogP) is 2.07. The third-order valence-corrected chi connectivity index (χ3v) is 2.94. The van der Waals surface area contributed by atoms with E-state index in [4.69, 9.17) is 0 Å². The van der Waals surface area contributed by atoms with Crippen LogP contribution in [0.2, 0.25) is 0 Å². The Morgan fingerprint density at radius 1 is 1.17 bits per heavy atom. The highest BCUT2D eigenvalue weighted by molar-refractivity contribution is 9.10. The van der Waals surface area contributed by atoms with E-state index >= 15 is 0 Å². The van der Waals surface area contributed by atoms with Crippen molar-refractivity contribution in [2.45, 2.75) is 6.54 Å². The molecule has 0 aliphatic carbocycles. The van der Waals surface area contributed by atoms with Gasteiger partial charge in [0.15, 0.2) is 0 Å². The number of pyridine rings is 1. The molecule has 1 aromatic carbocycles. The molecule has 2 N–H and O–H groups in total. The summed E-state index contributed by atoms with van der Waals surface area (Å²) in [5.74, 6) is -0.214. The van der Waals surface area contributed by atoms with Gasteiger partial charge in [-0.25, -0.2) is 0 Å². The van der Waals surface area contributed by atoms with Gasteiger partial charge in [-0.15, -0.1) is 0 Å². The number of aromatic nitrogens is 1. The Bertz CT molecular complexity index is 585. The van der Waals surface area contributed by atoms with Crippen LogP contribution in [0.5, 0.6) is 0 Å². The average molecular weight is 307 g/mol. The van der Waals surface area contributed by atoms with Crippen LogP contribution in [0, 0.1) is 0 Å². The molecule has 0 spiro atoms. The maximum Gasteiger partial charge on any atom is 0.253 e. The standard InChI is InChI=1S/C13H11BrN2O2/c14-11-4-1-9(2-5-11)7-16-13(18)10-3-6-12(17)15-8-10/h1-6,8H,7H2,(H,15,17)(H,16,18). The molecule has 0 radical (unpaired) electrons. The van der Waals surface area contributed by atoms with Gasteiger partial charge in [-0.1, -0.05) is 28.1 Å². The summed E-state index contributed by atoms with van der Waals surface area (Å²) in [4.78, 5) is 25.1. The molecule has 2 rings (SSSR count). The largest absolute Gasteiger partial charge is 0.348 e. The lowest BCUT2D eigenvalue weighted by Crippen LogP contribution is -2.23. The number of benzene rings is 1. The van der Waals surface area contributed by atoms with Crippen molar-refractivity contribution >= 4 is 21.8 Å². The van der Waals surface area contributed by atoms with E-state index in [2.05, 4.69) is 26.2 Å². The molecule has 0 saturated heterocycles. The number of aromatic amines is 1. The van der Waals surface area contributed by atoms with Gasteiger partial charge in [-0.2, -0.15) is 0 Å². The van der Waals surface area contributed by atoms with Crippen molar-refractivity contribution in [1.82, 2.24) is 10.3 Å². The quantitative estimate of drug-likeness (QED) is 0.912. The van der Waals surface area contributed by atoms with E-state index in [9.17, 15) is 9.59 Å². The van der Waals surface area contributed by atoms with Crippen LogP contribution in [0.25, 0.3) is 0 Å². The molecule has 0 aliphatic heterocycles. The zero-order chi connectivity index (χ0) is 13.0. The summed E-state index contributed by atoms with van der Waals surface area (Å²) in [5, 5.41) is 2.78. The van der Waals surface area contributed by atoms with Crippen molar-refractivity contribution in [3.8, 4) is 0 Å². The van der Waals surface area contributed by atoms with Gasteiger partial charge < -0.3 is 10.3 Å². The first-order chi connectivity index (χ1) is 8.65. The first-order valence-corrected chi connectivity index (χ1v) is 6.16. The van der Waals surface area contributed by atoms with Crippen LogP contribution in [0.3, 0.4) is 0 Å². The van der Waals surface area contributed by atoms with E-state index in [-0.39, 0.29) is 11.5 Å². The predicted molar refractivity (Wildman–Crippen MR) is 72.4 cm³/mol. The van der Waals surface area contributed by atoms with Gasteiger partial charge in [0.1, 0.15) is 0 Å². The number of hydrogen-bond acceptors (Lipinski definition) is 2. The summed E-state index contributed by atoms with van der Waals surface area (Å²) in [6.45, 7) is 0.450. The molecule has 1 amide bonds. The minimum absolute atomic E-state index is 0.214. The van der Waals surface area contributed by atoms with E-state index in [0.717, 1.165) is 10.0 Å². The molecule has 0 atom stereocenters. The fourth-order valence-corrected chi connectivity index (χ4v) is 1.70. The molecular weight excluding hydrogens is 296 g/mol. The Labute approximate surface area is 112 Å². The van der Waals surface area contributed by atoms with Gasteiger partial charge in [-0.3, -0.25) is 9.59 Å². The third-order valence-electron chi connectivity index (χ3n) is 2.41. The number of amides is 1. The van der Waals surface area contributed by atoms with Crippen molar-refractivity contribution < 1.29 is 4.79 Å². The summed E-state index contributed by atoms with van der Waals surface area (Å²) in [6.07, 6.45) is 1.40. The minimum atomic E-state index is -0.223. The lowest BCUT2D eigenvalue weighted by molar-refractivity contribution is 0.0950. The average Bonchev–Trinajstić information content (AvgIpc) is 2.38. The smallest absolute Gasteiger partial charge is 0.253 e. The highest BCUT2D eigenvalue weighted by Gasteiger charge is 2.04. The normalized spacial score (nSPS) is 10.1. The van der Waals surface area contributed by atoms with Crippen LogP contribution >= 0.6 is 15.9 Å². The number of H-pyrrole nitrogens is 1. The van der Waals surface area contributed by atoms with Crippen LogP contribution in [0.15, 0.2) is 51.9 Å². The van der Waals surface area contributed by atoms with E-state index in [1.165, 1.54) is 18.3 Å². The molecular formula is C13H11BrN2O2. The summed E-state index contributed by atoms with van der Waals surface area (Å²) < 4.78 is 0.998. The van der Waals surface area contributed by atoms with E-state index in [1.807, 2.05) is 24.3 Å². The molecule has 0 bridgehead atoms. The first-order valence-electron chi connectivity index (χ1n) is 5.36. The van der Waals surface area contributed by atoms with Gasteiger partial charge >= 0.3 is 0 Å². The van der Waals surface area contributed by atoms with E-state index in [1.54, 1.807) is 0 Å². The Morgan fingerprint density at radius 2 is 1.89 bits per heavy atom. The maximum atomic E-state index is 11.8. The number of halogens is 1. The van der Waals surface area contributed by atoms with Crippen LogP contribution in [0.1, 0.15) is 15.9 Å². The number of hydrogen-bond donors (Lipinski definition) is 2. The second-order valence-corrected chi connectivity index (χ2v) is 4.67. The van der Waals surface area contributed by atoms with Crippen molar-refractivity contribution in [2.75, 3.05) is 0 Å². The molecule has 1 heterocycles. The highest BCUT2D eigenvalue weighted by Crippen LogP contribution is 2.10. The van der Waals surface area contributed by atoms with Crippen molar-refractivity contribution in [1.29, 1.82) is 0 Å². The molecule has 0 saturated carbocycles. The van der Waals surface area contributed by atoms with Crippen molar-refractivity contribution in [2.24, 2.45) is 0 Å². The van der Waals surface area contributed by atoms with Gasteiger partial charge in [0.25, 0.3) is 5.91 Å². The number of carbonyl (C=O) groups excluding carboxylic acids is 1. The Balaban J connectivity index is 1.98. The lowest BCUT2D eigenvalue weighted by Gasteiger charge is -2.05. The van der Waals surface area contributed by atoms with E-state index < -0.39 is 0 Å². The first kappa shape index (κ1) is 12.6. The molecule has 1 aromatic heterocycles. The van der Waals surface area contributed by atoms with Gasteiger partial charge in [0.2, 0.25) is 5.56 Å².